The monoisotopic (exact) mass is 388 g/mol. The van der Waals surface area contributed by atoms with Crippen LogP contribution in [0, 0.1) is 0 Å². The number of nitrogens with zero attached hydrogens (tertiary/aromatic N) is 2. The zero-order valence-corrected chi connectivity index (χ0v) is 15.9. The van der Waals surface area contributed by atoms with Crippen LogP contribution in [0.5, 0.6) is 11.5 Å². The zero-order chi connectivity index (χ0) is 20.2. The number of para-hydroxylation sites is 3. The quantitative estimate of drug-likeness (QED) is 0.635. The Morgan fingerprint density at radius 3 is 2.52 bits per heavy atom. The first-order chi connectivity index (χ1) is 14.1. The van der Waals surface area contributed by atoms with Crippen LogP contribution in [-0.2, 0) is 4.74 Å². The van der Waals surface area contributed by atoms with Crippen LogP contribution in [0.15, 0.2) is 78.9 Å². The Morgan fingerprint density at radius 1 is 1.00 bits per heavy atom. The van der Waals surface area contributed by atoms with Crippen LogP contribution in [0.3, 0.4) is 0 Å². The molecule has 29 heavy (non-hydrogen) atoms. The normalized spacial score (nSPS) is 13.1. The third-order valence-corrected chi connectivity index (χ3v) is 4.67. The molecule has 0 N–H and O–H groups in total. The van der Waals surface area contributed by atoms with Crippen molar-refractivity contribution >= 4 is 23.4 Å². The second-order valence-electron chi connectivity index (χ2n) is 6.56. The van der Waals surface area contributed by atoms with Gasteiger partial charge in [0.25, 0.3) is 5.91 Å². The second kappa shape index (κ2) is 8.06. The molecule has 3 aromatic rings. The van der Waals surface area contributed by atoms with Crippen molar-refractivity contribution in [2.75, 3.05) is 30.0 Å². The molecule has 0 atom stereocenters. The van der Waals surface area contributed by atoms with Gasteiger partial charge in [-0.25, -0.2) is 4.79 Å². The van der Waals surface area contributed by atoms with Crippen LogP contribution < -0.4 is 14.5 Å². The summed E-state index contributed by atoms with van der Waals surface area (Å²) < 4.78 is 11.0. The first kappa shape index (κ1) is 18.6. The van der Waals surface area contributed by atoms with E-state index in [1.807, 2.05) is 54.6 Å². The standard InChI is InChI=1S/C23H20N2O4/c1-24(20-12-5-6-13-21(20)29-19-10-3-2-4-11-19)22(26)17-8-7-9-18(16-17)25-14-15-28-23(25)27/h2-13,16H,14-15H2,1H3. The molecular formula is C23H20N2O4. The van der Waals surface area contributed by atoms with Gasteiger partial charge in [-0.3, -0.25) is 9.69 Å². The molecule has 1 heterocycles. The van der Waals surface area contributed by atoms with Gasteiger partial charge in [0.05, 0.1) is 12.2 Å². The smallest absolute Gasteiger partial charge is 0.414 e. The molecule has 1 saturated heterocycles. The number of benzene rings is 3. The average Bonchev–Trinajstić information content (AvgIpc) is 3.20. The summed E-state index contributed by atoms with van der Waals surface area (Å²) in [6, 6.07) is 23.8. The minimum Gasteiger partial charge on any atom is -0.455 e. The lowest BCUT2D eigenvalue weighted by molar-refractivity contribution is 0.0992. The molecule has 1 aliphatic rings. The maximum absolute atomic E-state index is 13.1. The Morgan fingerprint density at radius 2 is 1.76 bits per heavy atom. The first-order valence-corrected chi connectivity index (χ1v) is 9.28. The first-order valence-electron chi connectivity index (χ1n) is 9.28. The molecule has 0 spiro atoms. The molecule has 4 rings (SSSR count). The Hall–Kier alpha value is -3.80. The van der Waals surface area contributed by atoms with Crippen molar-refractivity contribution in [1.82, 2.24) is 0 Å². The fourth-order valence-electron chi connectivity index (χ4n) is 3.17. The number of amides is 2. The number of hydrogen-bond acceptors (Lipinski definition) is 4. The maximum atomic E-state index is 13.1. The fourth-order valence-corrected chi connectivity index (χ4v) is 3.17. The van der Waals surface area contributed by atoms with E-state index in [9.17, 15) is 9.59 Å². The SMILES string of the molecule is CN(C(=O)c1cccc(N2CCOC2=O)c1)c1ccccc1Oc1ccccc1. The number of ether oxygens (including phenoxy) is 2. The summed E-state index contributed by atoms with van der Waals surface area (Å²) in [6.45, 7) is 0.821. The topological polar surface area (TPSA) is 59.1 Å². The van der Waals surface area contributed by atoms with Crippen LogP contribution >= 0.6 is 0 Å². The van der Waals surface area contributed by atoms with Crippen LogP contribution in [0.25, 0.3) is 0 Å². The predicted octanol–water partition coefficient (Wildman–Crippen LogP) is 4.71. The van der Waals surface area contributed by atoms with Gasteiger partial charge in [-0.15, -0.1) is 0 Å². The van der Waals surface area contributed by atoms with Crippen LogP contribution in [0.4, 0.5) is 16.2 Å². The number of carbonyl (C=O) groups excluding carboxylic acids is 2. The van der Waals surface area contributed by atoms with E-state index in [1.54, 1.807) is 36.2 Å². The van der Waals surface area contributed by atoms with Gasteiger partial charge < -0.3 is 14.4 Å². The van der Waals surface area contributed by atoms with Crippen molar-refractivity contribution in [3.63, 3.8) is 0 Å². The van der Waals surface area contributed by atoms with Crippen LogP contribution in [0.1, 0.15) is 10.4 Å². The van der Waals surface area contributed by atoms with Gasteiger partial charge in [-0.2, -0.15) is 0 Å². The molecular weight excluding hydrogens is 368 g/mol. The number of carbonyl (C=O) groups is 2. The average molecular weight is 388 g/mol. The lowest BCUT2D eigenvalue weighted by atomic mass is 10.1. The largest absolute Gasteiger partial charge is 0.455 e. The lowest BCUT2D eigenvalue weighted by Crippen LogP contribution is -2.27. The van der Waals surface area contributed by atoms with E-state index in [1.165, 1.54) is 4.90 Å². The van der Waals surface area contributed by atoms with Gasteiger partial charge >= 0.3 is 6.09 Å². The van der Waals surface area contributed by atoms with E-state index in [4.69, 9.17) is 9.47 Å². The van der Waals surface area contributed by atoms with E-state index in [0.717, 1.165) is 0 Å². The van der Waals surface area contributed by atoms with Crippen molar-refractivity contribution < 1.29 is 19.1 Å². The maximum Gasteiger partial charge on any atom is 0.414 e. The van der Waals surface area contributed by atoms with Gasteiger partial charge in [0.15, 0.2) is 5.75 Å². The summed E-state index contributed by atoms with van der Waals surface area (Å²) in [4.78, 5) is 28.0. The van der Waals surface area contributed by atoms with Crippen molar-refractivity contribution in [1.29, 1.82) is 0 Å². The van der Waals surface area contributed by atoms with Crippen LogP contribution in [0.2, 0.25) is 0 Å². The molecule has 0 aliphatic carbocycles. The van der Waals surface area contributed by atoms with E-state index in [0.29, 0.717) is 41.6 Å². The number of anilines is 2. The summed E-state index contributed by atoms with van der Waals surface area (Å²) in [5.74, 6) is 1.06. The highest BCUT2D eigenvalue weighted by molar-refractivity contribution is 6.07. The molecule has 0 unspecified atom stereocenters. The second-order valence-corrected chi connectivity index (χ2v) is 6.56. The van der Waals surface area contributed by atoms with Crippen molar-refractivity contribution in [3.05, 3.63) is 84.4 Å². The number of hydrogen-bond donors (Lipinski definition) is 0. The van der Waals surface area contributed by atoms with Crippen molar-refractivity contribution in [2.24, 2.45) is 0 Å². The Balaban J connectivity index is 1.60. The van der Waals surface area contributed by atoms with Gasteiger partial charge in [-0.1, -0.05) is 36.4 Å². The predicted molar refractivity (Wildman–Crippen MR) is 111 cm³/mol. The van der Waals surface area contributed by atoms with E-state index >= 15 is 0 Å². The Labute approximate surface area is 168 Å². The minimum absolute atomic E-state index is 0.205. The Bertz CT molecular complexity index is 1040. The van der Waals surface area contributed by atoms with E-state index < -0.39 is 6.09 Å². The number of cyclic esters (lactones) is 1. The molecule has 0 bridgehead atoms. The minimum atomic E-state index is -0.399. The molecule has 0 radical (unpaired) electrons. The molecule has 2 amide bonds. The molecule has 0 aromatic heterocycles. The fraction of sp³-hybridized carbons (Fsp3) is 0.130. The molecule has 1 fully saturated rings. The van der Waals surface area contributed by atoms with Crippen molar-refractivity contribution in [3.8, 4) is 11.5 Å². The molecule has 6 nitrogen and oxygen atoms in total. The Kier molecular flexibility index (Phi) is 5.16. The summed E-state index contributed by atoms with van der Waals surface area (Å²) in [5.41, 5.74) is 1.76. The van der Waals surface area contributed by atoms with E-state index in [2.05, 4.69) is 0 Å². The van der Waals surface area contributed by atoms with Gasteiger partial charge in [0, 0.05) is 18.3 Å². The number of rotatable bonds is 5. The van der Waals surface area contributed by atoms with Gasteiger partial charge in [-0.05, 0) is 42.5 Å². The highest BCUT2D eigenvalue weighted by atomic mass is 16.6. The zero-order valence-electron chi connectivity index (χ0n) is 15.9. The lowest BCUT2D eigenvalue weighted by Gasteiger charge is -2.21. The highest BCUT2D eigenvalue weighted by Gasteiger charge is 2.25. The summed E-state index contributed by atoms with van der Waals surface area (Å²) in [7, 11) is 1.70. The molecule has 1 aliphatic heterocycles. The van der Waals surface area contributed by atoms with Gasteiger partial charge in [0.1, 0.15) is 12.4 Å². The summed E-state index contributed by atoms with van der Waals surface area (Å²) >= 11 is 0. The van der Waals surface area contributed by atoms with Gasteiger partial charge in [0.2, 0.25) is 0 Å². The van der Waals surface area contributed by atoms with E-state index in [-0.39, 0.29) is 5.91 Å². The molecule has 6 heteroatoms. The highest BCUT2D eigenvalue weighted by Crippen LogP contribution is 2.32. The molecule has 146 valence electrons. The van der Waals surface area contributed by atoms with Crippen molar-refractivity contribution in [2.45, 2.75) is 0 Å². The third kappa shape index (κ3) is 3.91. The summed E-state index contributed by atoms with van der Waals surface area (Å²) in [5, 5.41) is 0. The summed E-state index contributed by atoms with van der Waals surface area (Å²) in [6.07, 6.45) is -0.399. The molecule has 0 saturated carbocycles. The third-order valence-electron chi connectivity index (χ3n) is 4.67. The molecule has 3 aromatic carbocycles. The van der Waals surface area contributed by atoms with Crippen LogP contribution in [-0.4, -0.2) is 32.2 Å².